The molecule has 0 spiro atoms. The topological polar surface area (TPSA) is 59.9 Å². The lowest BCUT2D eigenvalue weighted by Gasteiger charge is -2.12. The molecule has 3 aromatic carbocycles. The number of nitrogens with zero attached hydrogens (tertiary/aromatic N) is 1. The minimum atomic E-state index is -0.339. The van der Waals surface area contributed by atoms with Crippen molar-refractivity contribution in [2.45, 2.75) is 33.3 Å². The van der Waals surface area contributed by atoms with Crippen LogP contribution in [0.4, 0.5) is 0 Å². The number of hydrazone groups is 1. The summed E-state index contributed by atoms with van der Waals surface area (Å²) < 4.78 is 12.4. The molecule has 0 atom stereocenters. The summed E-state index contributed by atoms with van der Waals surface area (Å²) in [5.41, 5.74) is 6.73. The molecule has 0 saturated carbocycles. The van der Waals surface area contributed by atoms with E-state index in [4.69, 9.17) is 9.47 Å². The van der Waals surface area contributed by atoms with Crippen molar-refractivity contribution in [3.05, 3.63) is 93.5 Å². The molecule has 1 amide bonds. The minimum absolute atomic E-state index is 0.117. The van der Waals surface area contributed by atoms with E-state index in [-0.39, 0.29) is 12.5 Å². The number of hydrogen-bond acceptors (Lipinski definition) is 4. The Kier molecular flexibility index (Phi) is 8.45. The van der Waals surface area contributed by atoms with Crippen LogP contribution in [0.15, 0.2) is 76.3 Å². The van der Waals surface area contributed by atoms with Crippen molar-refractivity contribution >= 4 is 28.1 Å². The predicted molar refractivity (Wildman–Crippen MR) is 131 cm³/mol. The molecule has 3 aromatic rings. The molecule has 32 heavy (non-hydrogen) atoms. The van der Waals surface area contributed by atoms with Gasteiger partial charge in [0.15, 0.2) is 6.61 Å². The number of carbonyl (C=O) groups is 1. The highest BCUT2D eigenvalue weighted by Gasteiger charge is 2.07. The van der Waals surface area contributed by atoms with Crippen LogP contribution in [-0.2, 0) is 11.4 Å². The summed E-state index contributed by atoms with van der Waals surface area (Å²) in [4.78, 5) is 12.1. The van der Waals surface area contributed by atoms with Gasteiger partial charge in [0.1, 0.15) is 18.1 Å². The first-order valence-electron chi connectivity index (χ1n) is 10.4. The number of carbonyl (C=O) groups excluding carboxylic acids is 1. The van der Waals surface area contributed by atoms with Gasteiger partial charge in [-0.25, -0.2) is 5.43 Å². The van der Waals surface area contributed by atoms with E-state index >= 15 is 0 Å². The Labute approximate surface area is 197 Å². The smallest absolute Gasteiger partial charge is 0.277 e. The van der Waals surface area contributed by atoms with E-state index < -0.39 is 0 Å². The Morgan fingerprint density at radius 3 is 2.56 bits per heavy atom. The lowest BCUT2D eigenvalue weighted by Crippen LogP contribution is -2.24. The van der Waals surface area contributed by atoms with Gasteiger partial charge in [-0.2, -0.15) is 5.10 Å². The lowest BCUT2D eigenvalue weighted by molar-refractivity contribution is -0.123. The van der Waals surface area contributed by atoms with Crippen molar-refractivity contribution in [2.75, 3.05) is 6.61 Å². The normalized spacial score (nSPS) is 11.0. The van der Waals surface area contributed by atoms with Crippen LogP contribution in [0.5, 0.6) is 11.5 Å². The number of ether oxygens (including phenoxy) is 2. The second kappa shape index (κ2) is 11.5. The first kappa shape index (κ1) is 23.5. The molecule has 0 aliphatic carbocycles. The standard InChI is InChI=1S/C26H27BrN2O3/c1-18(2)24-11-10-23(13-19(24)3)31-17-26(30)29-28-15-21-14-22(27)9-12-25(21)32-16-20-7-5-4-6-8-20/h4-15,18H,16-17H2,1-3H3,(H,29,30)/b28-15+. The molecule has 0 aromatic heterocycles. The van der Waals surface area contributed by atoms with E-state index in [1.807, 2.05) is 73.7 Å². The molecule has 0 aliphatic rings. The van der Waals surface area contributed by atoms with Crippen molar-refractivity contribution in [1.82, 2.24) is 5.43 Å². The summed E-state index contributed by atoms with van der Waals surface area (Å²) >= 11 is 3.46. The third kappa shape index (κ3) is 6.95. The number of rotatable bonds is 9. The first-order chi connectivity index (χ1) is 15.4. The van der Waals surface area contributed by atoms with Gasteiger partial charge in [0, 0.05) is 10.0 Å². The van der Waals surface area contributed by atoms with Gasteiger partial charge in [-0.1, -0.05) is 66.2 Å². The highest BCUT2D eigenvalue weighted by Crippen LogP contribution is 2.24. The Bertz CT molecular complexity index is 1080. The SMILES string of the molecule is Cc1cc(OCC(=O)N/N=C/c2cc(Br)ccc2OCc2ccccc2)ccc1C(C)C. The van der Waals surface area contributed by atoms with Crippen LogP contribution in [0, 0.1) is 6.92 Å². The quantitative estimate of drug-likeness (QED) is 0.293. The minimum Gasteiger partial charge on any atom is -0.488 e. The van der Waals surface area contributed by atoms with Crippen LogP contribution in [0.3, 0.4) is 0 Å². The molecule has 0 radical (unpaired) electrons. The molecule has 0 saturated heterocycles. The van der Waals surface area contributed by atoms with Crippen molar-refractivity contribution in [1.29, 1.82) is 0 Å². The molecular weight excluding hydrogens is 468 g/mol. The maximum absolute atomic E-state index is 12.1. The Morgan fingerprint density at radius 2 is 1.84 bits per heavy atom. The van der Waals surface area contributed by atoms with Crippen LogP contribution in [0.2, 0.25) is 0 Å². The predicted octanol–water partition coefficient (Wildman–Crippen LogP) is 5.99. The lowest BCUT2D eigenvalue weighted by atomic mass is 9.98. The number of benzene rings is 3. The molecule has 1 N–H and O–H groups in total. The van der Waals surface area contributed by atoms with Gasteiger partial charge in [-0.05, 0) is 59.9 Å². The Morgan fingerprint density at radius 1 is 1.06 bits per heavy atom. The van der Waals surface area contributed by atoms with Crippen molar-refractivity contribution < 1.29 is 14.3 Å². The molecule has 0 bridgehead atoms. The Balaban J connectivity index is 1.55. The van der Waals surface area contributed by atoms with Gasteiger partial charge in [-0.15, -0.1) is 0 Å². The maximum atomic E-state index is 12.1. The van der Waals surface area contributed by atoms with Crippen molar-refractivity contribution in [3.8, 4) is 11.5 Å². The summed E-state index contributed by atoms with van der Waals surface area (Å²) in [7, 11) is 0. The molecule has 3 rings (SSSR count). The van der Waals surface area contributed by atoms with E-state index in [2.05, 4.69) is 40.3 Å². The summed E-state index contributed by atoms with van der Waals surface area (Å²) in [6.07, 6.45) is 1.56. The third-order valence-corrected chi connectivity index (χ3v) is 5.33. The fraction of sp³-hybridized carbons (Fsp3) is 0.231. The largest absolute Gasteiger partial charge is 0.488 e. The van der Waals surface area contributed by atoms with Crippen LogP contribution in [0.1, 0.15) is 42.0 Å². The average molecular weight is 495 g/mol. The second-order valence-corrected chi connectivity index (χ2v) is 8.63. The van der Waals surface area contributed by atoms with E-state index in [1.54, 1.807) is 6.21 Å². The zero-order valence-corrected chi connectivity index (χ0v) is 20.1. The van der Waals surface area contributed by atoms with Crippen molar-refractivity contribution in [2.24, 2.45) is 5.10 Å². The third-order valence-electron chi connectivity index (χ3n) is 4.84. The first-order valence-corrected chi connectivity index (χ1v) is 11.2. The summed E-state index contributed by atoms with van der Waals surface area (Å²) in [5, 5.41) is 4.06. The van der Waals surface area contributed by atoms with Gasteiger partial charge in [0.25, 0.3) is 5.91 Å². The average Bonchev–Trinajstić information content (AvgIpc) is 2.77. The fourth-order valence-electron chi connectivity index (χ4n) is 3.23. The van der Waals surface area contributed by atoms with Gasteiger partial charge >= 0.3 is 0 Å². The zero-order valence-electron chi connectivity index (χ0n) is 18.5. The summed E-state index contributed by atoms with van der Waals surface area (Å²) in [5.74, 6) is 1.44. The van der Waals surface area contributed by atoms with Gasteiger partial charge in [0.2, 0.25) is 0 Å². The molecule has 0 unspecified atom stereocenters. The van der Waals surface area contributed by atoms with Gasteiger partial charge in [-0.3, -0.25) is 4.79 Å². The number of amides is 1. The monoisotopic (exact) mass is 494 g/mol. The molecular formula is C26H27BrN2O3. The molecule has 0 aliphatic heterocycles. The van der Waals surface area contributed by atoms with Crippen LogP contribution < -0.4 is 14.9 Å². The van der Waals surface area contributed by atoms with Gasteiger partial charge < -0.3 is 9.47 Å². The highest BCUT2D eigenvalue weighted by atomic mass is 79.9. The summed E-state index contributed by atoms with van der Waals surface area (Å²) in [6, 6.07) is 21.4. The van der Waals surface area contributed by atoms with E-state index in [1.165, 1.54) is 5.56 Å². The van der Waals surface area contributed by atoms with Crippen LogP contribution in [0.25, 0.3) is 0 Å². The van der Waals surface area contributed by atoms with Crippen LogP contribution >= 0.6 is 15.9 Å². The van der Waals surface area contributed by atoms with Crippen molar-refractivity contribution in [3.63, 3.8) is 0 Å². The number of hydrogen-bond donors (Lipinski definition) is 1. The maximum Gasteiger partial charge on any atom is 0.277 e. The van der Waals surface area contributed by atoms with E-state index in [9.17, 15) is 4.79 Å². The molecule has 0 heterocycles. The van der Waals surface area contributed by atoms with E-state index in [0.29, 0.717) is 24.0 Å². The molecule has 166 valence electrons. The Hall–Kier alpha value is -3.12. The number of aryl methyl sites for hydroxylation is 1. The number of nitrogens with one attached hydrogen (secondary N) is 1. The zero-order chi connectivity index (χ0) is 22.9. The second-order valence-electron chi connectivity index (χ2n) is 7.71. The molecule has 6 heteroatoms. The van der Waals surface area contributed by atoms with E-state index in [0.717, 1.165) is 21.2 Å². The van der Waals surface area contributed by atoms with Crippen LogP contribution in [-0.4, -0.2) is 18.7 Å². The molecule has 5 nitrogen and oxygen atoms in total. The highest BCUT2D eigenvalue weighted by molar-refractivity contribution is 9.10. The molecule has 0 fully saturated rings. The fourth-order valence-corrected chi connectivity index (χ4v) is 3.61. The van der Waals surface area contributed by atoms with Gasteiger partial charge in [0.05, 0.1) is 6.21 Å². The summed E-state index contributed by atoms with van der Waals surface area (Å²) in [6.45, 7) is 6.67. The number of halogens is 1.